The van der Waals surface area contributed by atoms with Gasteiger partial charge in [0.25, 0.3) is 0 Å². The molecule has 0 saturated carbocycles. The van der Waals surface area contributed by atoms with Gasteiger partial charge in [-0.05, 0) is 30.5 Å². The number of hydrogen-bond acceptors (Lipinski definition) is 3. The van der Waals surface area contributed by atoms with Gasteiger partial charge in [0.2, 0.25) is 5.91 Å². The minimum atomic E-state index is 0.0453. The maximum absolute atomic E-state index is 11.4. The van der Waals surface area contributed by atoms with Crippen molar-refractivity contribution in [3.05, 3.63) is 29.8 Å². The third kappa shape index (κ3) is 7.14. The summed E-state index contributed by atoms with van der Waals surface area (Å²) in [6, 6.07) is 8.17. The van der Waals surface area contributed by atoms with E-state index in [0.717, 1.165) is 25.0 Å². The van der Waals surface area contributed by atoms with Crippen LogP contribution in [0.2, 0.25) is 0 Å². The van der Waals surface area contributed by atoms with E-state index < -0.39 is 0 Å². The van der Waals surface area contributed by atoms with Crippen LogP contribution >= 0.6 is 0 Å². The van der Waals surface area contributed by atoms with E-state index in [2.05, 4.69) is 24.4 Å². The molecule has 112 valence electrons. The molecule has 0 aromatic heterocycles. The second-order valence-electron chi connectivity index (χ2n) is 4.69. The van der Waals surface area contributed by atoms with Gasteiger partial charge in [-0.15, -0.1) is 0 Å². The Kier molecular flexibility index (Phi) is 8.47. The number of ether oxygens (including phenoxy) is 2. The summed E-state index contributed by atoms with van der Waals surface area (Å²) in [7, 11) is 1.62. The Balaban J connectivity index is 2.12. The van der Waals surface area contributed by atoms with Crippen molar-refractivity contribution in [2.45, 2.75) is 32.6 Å². The molecule has 0 radical (unpaired) electrons. The fourth-order valence-electron chi connectivity index (χ4n) is 1.84. The van der Waals surface area contributed by atoms with Crippen LogP contribution in [-0.4, -0.2) is 32.8 Å². The van der Waals surface area contributed by atoms with Gasteiger partial charge in [0.15, 0.2) is 0 Å². The van der Waals surface area contributed by atoms with Crippen LogP contribution in [0.15, 0.2) is 24.3 Å². The molecule has 0 heterocycles. The molecule has 4 heteroatoms. The number of rotatable bonds is 10. The smallest absolute Gasteiger partial charge is 0.220 e. The topological polar surface area (TPSA) is 47.6 Å². The van der Waals surface area contributed by atoms with Crippen molar-refractivity contribution in [2.75, 3.05) is 26.9 Å². The summed E-state index contributed by atoms with van der Waals surface area (Å²) >= 11 is 0. The van der Waals surface area contributed by atoms with Crippen LogP contribution in [0.25, 0.3) is 0 Å². The molecule has 1 aromatic rings. The zero-order valence-electron chi connectivity index (χ0n) is 12.5. The maximum atomic E-state index is 11.4. The molecule has 1 amide bonds. The van der Waals surface area contributed by atoms with Gasteiger partial charge in [-0.3, -0.25) is 4.79 Å². The molecule has 1 aromatic carbocycles. The molecule has 0 saturated heterocycles. The Labute approximate surface area is 121 Å². The fraction of sp³-hybridized carbons (Fsp3) is 0.562. The van der Waals surface area contributed by atoms with E-state index in [1.165, 1.54) is 5.56 Å². The molecule has 0 aliphatic heterocycles. The summed E-state index contributed by atoms with van der Waals surface area (Å²) in [5.74, 6) is 0.911. The van der Waals surface area contributed by atoms with Crippen LogP contribution in [0.1, 0.15) is 31.7 Å². The number of aryl methyl sites for hydroxylation is 1. The van der Waals surface area contributed by atoms with Gasteiger partial charge in [-0.1, -0.05) is 25.5 Å². The van der Waals surface area contributed by atoms with E-state index in [0.29, 0.717) is 26.2 Å². The van der Waals surface area contributed by atoms with Crippen LogP contribution < -0.4 is 10.1 Å². The molecular weight excluding hydrogens is 254 g/mol. The number of hydrogen-bond donors (Lipinski definition) is 1. The predicted octanol–water partition coefficient (Wildman–Crippen LogP) is 2.56. The van der Waals surface area contributed by atoms with Crippen LogP contribution in [-0.2, 0) is 16.0 Å². The van der Waals surface area contributed by atoms with Crippen molar-refractivity contribution in [1.82, 2.24) is 5.32 Å². The number of amides is 1. The van der Waals surface area contributed by atoms with E-state index in [4.69, 9.17) is 9.47 Å². The van der Waals surface area contributed by atoms with Gasteiger partial charge >= 0.3 is 0 Å². The molecule has 0 bridgehead atoms. The van der Waals surface area contributed by atoms with Gasteiger partial charge in [-0.2, -0.15) is 0 Å². The highest BCUT2D eigenvalue weighted by Crippen LogP contribution is 2.13. The maximum Gasteiger partial charge on any atom is 0.220 e. The van der Waals surface area contributed by atoms with Crippen molar-refractivity contribution in [1.29, 1.82) is 0 Å². The fourth-order valence-corrected chi connectivity index (χ4v) is 1.84. The zero-order valence-corrected chi connectivity index (χ0v) is 12.5. The molecule has 1 rings (SSSR count). The van der Waals surface area contributed by atoms with Crippen molar-refractivity contribution in [2.24, 2.45) is 0 Å². The van der Waals surface area contributed by atoms with Crippen molar-refractivity contribution in [3.63, 3.8) is 0 Å². The molecule has 20 heavy (non-hydrogen) atoms. The zero-order chi connectivity index (χ0) is 14.6. The van der Waals surface area contributed by atoms with E-state index in [9.17, 15) is 4.79 Å². The lowest BCUT2D eigenvalue weighted by Crippen LogP contribution is -2.26. The first-order valence-electron chi connectivity index (χ1n) is 7.23. The third-order valence-corrected chi connectivity index (χ3v) is 2.91. The van der Waals surface area contributed by atoms with Crippen molar-refractivity contribution >= 4 is 5.91 Å². The van der Waals surface area contributed by atoms with E-state index in [1.807, 2.05) is 12.1 Å². The lowest BCUT2D eigenvalue weighted by atomic mass is 10.1. The van der Waals surface area contributed by atoms with E-state index in [-0.39, 0.29) is 5.91 Å². The average molecular weight is 279 g/mol. The highest BCUT2D eigenvalue weighted by molar-refractivity contribution is 5.75. The molecule has 0 atom stereocenters. The Morgan fingerprint density at radius 2 is 1.95 bits per heavy atom. The molecule has 0 spiro atoms. The number of carbonyl (C=O) groups excluding carboxylic acids is 1. The Morgan fingerprint density at radius 1 is 1.20 bits per heavy atom. The highest BCUT2D eigenvalue weighted by atomic mass is 16.5. The quantitative estimate of drug-likeness (QED) is 0.670. The minimum absolute atomic E-state index is 0.0453. The number of carbonyl (C=O) groups is 1. The molecule has 0 aliphatic carbocycles. The normalized spacial score (nSPS) is 10.3. The minimum Gasteiger partial charge on any atom is -0.494 e. The lowest BCUT2D eigenvalue weighted by molar-refractivity contribution is -0.121. The van der Waals surface area contributed by atoms with Crippen molar-refractivity contribution < 1.29 is 14.3 Å². The van der Waals surface area contributed by atoms with Gasteiger partial charge < -0.3 is 14.8 Å². The van der Waals surface area contributed by atoms with Crippen LogP contribution in [0, 0.1) is 0 Å². The summed E-state index contributed by atoms with van der Waals surface area (Å²) in [6.07, 6.45) is 3.45. The summed E-state index contributed by atoms with van der Waals surface area (Å²) in [5, 5.41) is 2.78. The summed E-state index contributed by atoms with van der Waals surface area (Å²) in [6.45, 7) is 3.84. The van der Waals surface area contributed by atoms with Gasteiger partial charge in [0, 0.05) is 20.1 Å². The first-order valence-corrected chi connectivity index (χ1v) is 7.23. The molecule has 0 fully saturated rings. The van der Waals surface area contributed by atoms with Gasteiger partial charge in [0.05, 0.1) is 13.2 Å². The molecular formula is C16H25NO3. The average Bonchev–Trinajstić information content (AvgIpc) is 2.46. The Hall–Kier alpha value is -1.55. The highest BCUT2D eigenvalue weighted by Gasteiger charge is 2.01. The van der Waals surface area contributed by atoms with Crippen molar-refractivity contribution in [3.8, 4) is 5.75 Å². The molecule has 0 aliphatic rings. The van der Waals surface area contributed by atoms with Gasteiger partial charge in [-0.25, -0.2) is 0 Å². The first-order chi connectivity index (χ1) is 9.76. The lowest BCUT2D eigenvalue weighted by Gasteiger charge is -2.07. The molecule has 1 N–H and O–H groups in total. The number of nitrogens with one attached hydrogen (secondary N) is 1. The van der Waals surface area contributed by atoms with Crippen LogP contribution in [0.3, 0.4) is 0 Å². The van der Waals surface area contributed by atoms with Gasteiger partial charge in [0.1, 0.15) is 5.75 Å². The Morgan fingerprint density at radius 3 is 2.60 bits per heavy atom. The van der Waals surface area contributed by atoms with E-state index >= 15 is 0 Å². The summed E-state index contributed by atoms with van der Waals surface area (Å²) in [4.78, 5) is 11.4. The summed E-state index contributed by atoms with van der Waals surface area (Å²) < 4.78 is 10.5. The third-order valence-electron chi connectivity index (χ3n) is 2.91. The Bertz CT molecular complexity index is 376. The molecule has 0 unspecified atom stereocenters. The van der Waals surface area contributed by atoms with Crippen LogP contribution in [0.4, 0.5) is 0 Å². The second-order valence-corrected chi connectivity index (χ2v) is 4.69. The first kappa shape index (κ1) is 16.5. The largest absolute Gasteiger partial charge is 0.494 e. The monoisotopic (exact) mass is 279 g/mol. The standard InChI is InChI=1S/C16H25NO3/c1-3-5-14-7-9-15(10-8-14)20-12-4-6-16(18)17-11-13-19-2/h7-10H,3-6,11-13H2,1-2H3,(H,17,18). The summed E-state index contributed by atoms with van der Waals surface area (Å²) in [5.41, 5.74) is 1.33. The number of methoxy groups -OCH3 is 1. The van der Waals surface area contributed by atoms with E-state index in [1.54, 1.807) is 7.11 Å². The molecule has 4 nitrogen and oxygen atoms in total. The second kappa shape index (κ2) is 10.3. The van der Waals surface area contributed by atoms with Crippen LogP contribution in [0.5, 0.6) is 5.75 Å². The number of benzene rings is 1. The predicted molar refractivity (Wildman–Crippen MR) is 80.1 cm³/mol. The SMILES string of the molecule is CCCc1ccc(OCCCC(=O)NCCOC)cc1.